The minimum atomic E-state index is -1.31. The van der Waals surface area contributed by atoms with Crippen LogP contribution in [0, 0.1) is 11.5 Å². The van der Waals surface area contributed by atoms with Gasteiger partial charge in [0, 0.05) is 11.1 Å². The quantitative estimate of drug-likeness (QED) is 0.570. The Balaban J connectivity index is 1.90. The first-order valence-electron chi connectivity index (χ1n) is 7.83. The van der Waals surface area contributed by atoms with E-state index in [1.165, 1.54) is 25.1 Å². The maximum atomic E-state index is 13.0. The summed E-state index contributed by atoms with van der Waals surface area (Å²) in [6.07, 6.45) is -0.391. The molecular weight excluding hydrogens is 340 g/mol. The van der Waals surface area contributed by atoms with Crippen LogP contribution in [0.15, 0.2) is 18.2 Å². The fourth-order valence-electron chi connectivity index (χ4n) is 4.03. The van der Waals surface area contributed by atoms with Gasteiger partial charge in [-0.05, 0) is 13.0 Å². The average molecular weight is 350 g/mol. The van der Waals surface area contributed by atoms with E-state index in [0.717, 1.165) is 4.57 Å². The normalized spacial score (nSPS) is 28.0. The third-order valence-electron chi connectivity index (χ3n) is 5.37. The SMILES string of the molecule is C[C@]12O[C@H]1[C@@H](O)c1c3c(n(C#N)c1C2=O)C(=O)c1c(O)cccc1C3=O. The number of ketones is 3. The van der Waals surface area contributed by atoms with E-state index in [4.69, 9.17) is 4.74 Å². The molecule has 8 heteroatoms. The molecule has 3 atom stereocenters. The van der Waals surface area contributed by atoms with Gasteiger partial charge in [0.1, 0.15) is 29.3 Å². The second-order valence-corrected chi connectivity index (χ2v) is 6.70. The first kappa shape index (κ1) is 15.0. The van der Waals surface area contributed by atoms with E-state index in [1.807, 2.05) is 0 Å². The molecule has 3 aliphatic rings. The molecule has 0 amide bonds. The zero-order valence-corrected chi connectivity index (χ0v) is 13.3. The molecule has 0 bridgehead atoms. The molecule has 5 rings (SSSR count). The van der Waals surface area contributed by atoms with E-state index < -0.39 is 35.2 Å². The molecule has 0 unspecified atom stereocenters. The highest BCUT2D eigenvalue weighted by Gasteiger charge is 2.68. The Hall–Kier alpha value is -3.28. The molecule has 2 aliphatic carbocycles. The Labute approximate surface area is 145 Å². The Bertz CT molecular complexity index is 1140. The molecule has 128 valence electrons. The molecule has 0 radical (unpaired) electrons. The van der Waals surface area contributed by atoms with Crippen LogP contribution in [0.1, 0.15) is 61.1 Å². The topological polar surface area (TPSA) is 133 Å². The van der Waals surface area contributed by atoms with Crippen molar-refractivity contribution >= 4 is 17.3 Å². The smallest absolute Gasteiger partial charge is 0.215 e. The van der Waals surface area contributed by atoms with Crippen molar-refractivity contribution in [1.29, 1.82) is 5.26 Å². The van der Waals surface area contributed by atoms with Crippen molar-refractivity contribution in [3.05, 3.63) is 51.8 Å². The summed E-state index contributed by atoms with van der Waals surface area (Å²) >= 11 is 0. The number of epoxide rings is 1. The Morgan fingerprint density at radius 1 is 1.19 bits per heavy atom. The Morgan fingerprint density at radius 2 is 1.92 bits per heavy atom. The number of aliphatic hydroxyl groups excluding tert-OH is 1. The van der Waals surface area contributed by atoms with Gasteiger partial charge in [0.25, 0.3) is 0 Å². The number of nitrogens with zero attached hydrogens (tertiary/aromatic N) is 2. The van der Waals surface area contributed by atoms with E-state index in [0.29, 0.717) is 0 Å². The molecule has 1 fully saturated rings. The number of carbonyl (C=O) groups is 3. The molecule has 2 aromatic rings. The molecule has 2 heterocycles. The third kappa shape index (κ3) is 1.41. The molecule has 8 nitrogen and oxygen atoms in total. The van der Waals surface area contributed by atoms with Gasteiger partial charge in [-0.2, -0.15) is 5.26 Å². The summed E-state index contributed by atoms with van der Waals surface area (Å²) in [6, 6.07) is 4.06. The van der Waals surface area contributed by atoms with Crippen molar-refractivity contribution in [2.45, 2.75) is 24.7 Å². The van der Waals surface area contributed by atoms with Crippen LogP contribution in [0.5, 0.6) is 5.75 Å². The number of phenols is 1. The van der Waals surface area contributed by atoms with Crippen LogP contribution < -0.4 is 0 Å². The van der Waals surface area contributed by atoms with Crippen LogP contribution in [-0.2, 0) is 4.74 Å². The van der Waals surface area contributed by atoms with Crippen molar-refractivity contribution < 1.29 is 29.3 Å². The molecule has 1 aromatic carbocycles. The number of rotatable bonds is 0. The van der Waals surface area contributed by atoms with Crippen LogP contribution >= 0.6 is 0 Å². The first-order chi connectivity index (χ1) is 12.3. The standard InChI is InChI=1S/C18H10N2O6/c1-18-16(25)12-10(15(24)17(18)26-18)9-11(20(12)5-19)14(23)8-6(13(9)22)3-2-4-7(8)21/h2-4,15,17,21,24H,1H3/t15-,17-,18+/m0/s1. The van der Waals surface area contributed by atoms with Gasteiger partial charge in [0.15, 0.2) is 17.6 Å². The van der Waals surface area contributed by atoms with Gasteiger partial charge >= 0.3 is 0 Å². The van der Waals surface area contributed by atoms with Gasteiger partial charge in [0.05, 0.1) is 11.1 Å². The molecular formula is C18H10N2O6. The lowest BCUT2D eigenvalue weighted by atomic mass is 9.80. The van der Waals surface area contributed by atoms with Crippen LogP contribution in [0.25, 0.3) is 0 Å². The number of hydrogen-bond acceptors (Lipinski definition) is 7. The number of benzene rings is 1. The number of aromatic nitrogens is 1. The lowest BCUT2D eigenvalue weighted by molar-refractivity contribution is 0.0868. The minimum Gasteiger partial charge on any atom is -0.507 e. The molecule has 1 saturated heterocycles. The van der Waals surface area contributed by atoms with E-state index in [-0.39, 0.29) is 39.4 Å². The van der Waals surface area contributed by atoms with Gasteiger partial charge < -0.3 is 14.9 Å². The van der Waals surface area contributed by atoms with Gasteiger partial charge in [-0.25, -0.2) is 4.57 Å². The second-order valence-electron chi connectivity index (χ2n) is 6.70. The fourth-order valence-corrected chi connectivity index (χ4v) is 4.03. The number of ether oxygens (including phenoxy) is 1. The molecule has 0 spiro atoms. The largest absolute Gasteiger partial charge is 0.507 e. The van der Waals surface area contributed by atoms with E-state index in [9.17, 15) is 29.9 Å². The zero-order chi connectivity index (χ0) is 18.5. The lowest BCUT2D eigenvalue weighted by Crippen LogP contribution is -2.34. The van der Waals surface area contributed by atoms with E-state index in [2.05, 4.69) is 0 Å². The van der Waals surface area contributed by atoms with Gasteiger partial charge in [-0.1, -0.05) is 12.1 Å². The molecule has 26 heavy (non-hydrogen) atoms. The highest BCUT2D eigenvalue weighted by molar-refractivity contribution is 6.30. The number of nitriles is 1. The molecule has 1 aliphatic heterocycles. The summed E-state index contributed by atoms with van der Waals surface area (Å²) in [5.41, 5.74) is -2.29. The van der Waals surface area contributed by atoms with Gasteiger partial charge in [-0.15, -0.1) is 0 Å². The number of aromatic hydroxyl groups is 1. The number of carbonyl (C=O) groups excluding carboxylic acids is 3. The van der Waals surface area contributed by atoms with Crippen LogP contribution in [0.3, 0.4) is 0 Å². The number of hydrogen-bond donors (Lipinski definition) is 2. The summed E-state index contributed by atoms with van der Waals surface area (Å²) in [6.45, 7) is 1.49. The highest BCUT2D eigenvalue weighted by Crippen LogP contribution is 2.54. The predicted octanol–water partition coefficient (Wildman–Crippen LogP) is 0.685. The molecule has 1 aromatic heterocycles. The number of Topliss-reactive ketones (excluding diaryl/α,β-unsaturated/α-hetero) is 1. The number of phenolic OH excluding ortho intramolecular Hbond substituents is 1. The summed E-state index contributed by atoms with van der Waals surface area (Å²) in [5.74, 6) is -2.33. The van der Waals surface area contributed by atoms with E-state index >= 15 is 0 Å². The summed E-state index contributed by atoms with van der Waals surface area (Å²) in [7, 11) is 0. The van der Waals surface area contributed by atoms with Crippen LogP contribution in [-0.4, -0.2) is 43.8 Å². The van der Waals surface area contributed by atoms with Crippen molar-refractivity contribution in [3.8, 4) is 11.9 Å². The summed E-state index contributed by atoms with van der Waals surface area (Å²) in [4.78, 5) is 38.8. The van der Waals surface area contributed by atoms with Gasteiger partial charge in [-0.3, -0.25) is 14.4 Å². The molecule has 2 N–H and O–H groups in total. The number of aliphatic hydroxyl groups is 1. The third-order valence-corrected chi connectivity index (χ3v) is 5.37. The maximum absolute atomic E-state index is 13.0. The Morgan fingerprint density at radius 3 is 2.62 bits per heavy atom. The zero-order valence-electron chi connectivity index (χ0n) is 13.3. The second kappa shape index (κ2) is 4.27. The van der Waals surface area contributed by atoms with Crippen molar-refractivity contribution in [1.82, 2.24) is 4.57 Å². The Kier molecular flexibility index (Phi) is 2.47. The van der Waals surface area contributed by atoms with Crippen LogP contribution in [0.2, 0.25) is 0 Å². The maximum Gasteiger partial charge on any atom is 0.215 e. The van der Waals surface area contributed by atoms with Gasteiger partial charge in [0.2, 0.25) is 11.6 Å². The minimum absolute atomic E-state index is 0.0370. The average Bonchev–Trinajstić information content (AvgIpc) is 3.20. The first-order valence-corrected chi connectivity index (χ1v) is 7.83. The number of fused-ring (bicyclic) bond motifs is 5. The summed E-state index contributed by atoms with van der Waals surface area (Å²) in [5, 5.41) is 30.2. The van der Waals surface area contributed by atoms with Crippen LogP contribution in [0.4, 0.5) is 0 Å². The van der Waals surface area contributed by atoms with Crippen molar-refractivity contribution in [2.75, 3.05) is 0 Å². The predicted molar refractivity (Wildman–Crippen MR) is 83.0 cm³/mol. The summed E-state index contributed by atoms with van der Waals surface area (Å²) < 4.78 is 6.09. The van der Waals surface area contributed by atoms with E-state index in [1.54, 1.807) is 6.19 Å². The molecule has 0 saturated carbocycles. The fraction of sp³-hybridized carbons (Fsp3) is 0.222. The van der Waals surface area contributed by atoms with Crippen molar-refractivity contribution in [2.24, 2.45) is 0 Å². The monoisotopic (exact) mass is 350 g/mol. The lowest BCUT2D eigenvalue weighted by Gasteiger charge is -2.20. The van der Waals surface area contributed by atoms with Crippen molar-refractivity contribution in [3.63, 3.8) is 0 Å². The highest BCUT2D eigenvalue weighted by atomic mass is 16.6.